The van der Waals surface area contributed by atoms with E-state index in [2.05, 4.69) is 25.8 Å². The topological polar surface area (TPSA) is 109 Å². The number of nitrogens with zero attached hydrogens (tertiary/aromatic N) is 2. The fourth-order valence-electron chi connectivity index (χ4n) is 2.88. The summed E-state index contributed by atoms with van der Waals surface area (Å²) in [5.41, 5.74) is 2.18. The number of rotatable bonds is 7. The molecule has 4 rings (SSSR count). The third kappa shape index (κ3) is 4.78. The largest absolute Gasteiger partial charge is 0.497 e. The van der Waals surface area contributed by atoms with Gasteiger partial charge in [0.05, 0.1) is 30.5 Å². The summed E-state index contributed by atoms with van der Waals surface area (Å²) in [4.78, 5) is 29.5. The molecule has 156 valence electrons. The zero-order valence-corrected chi connectivity index (χ0v) is 17.4. The van der Waals surface area contributed by atoms with Gasteiger partial charge in [0, 0.05) is 10.9 Å². The molecule has 3 N–H and O–H groups in total. The molecule has 0 bridgehead atoms. The van der Waals surface area contributed by atoms with Gasteiger partial charge in [-0.1, -0.05) is 12.1 Å². The highest BCUT2D eigenvalue weighted by atomic mass is 32.1. The van der Waals surface area contributed by atoms with E-state index in [4.69, 9.17) is 4.74 Å². The monoisotopic (exact) mass is 433 g/mol. The lowest BCUT2D eigenvalue weighted by atomic mass is 10.1. The summed E-state index contributed by atoms with van der Waals surface area (Å²) in [5, 5.41) is 16.2. The van der Waals surface area contributed by atoms with Crippen LogP contribution in [0.4, 0.5) is 5.69 Å². The first-order valence-electron chi connectivity index (χ1n) is 9.40. The molecule has 0 fully saturated rings. The Morgan fingerprint density at radius 3 is 2.61 bits per heavy atom. The van der Waals surface area contributed by atoms with Gasteiger partial charge in [-0.3, -0.25) is 14.7 Å². The first kappa shape index (κ1) is 20.3. The molecule has 0 spiro atoms. The van der Waals surface area contributed by atoms with E-state index in [1.807, 2.05) is 29.6 Å². The number of benzene rings is 2. The second-order valence-electron chi connectivity index (χ2n) is 6.53. The van der Waals surface area contributed by atoms with Crippen molar-refractivity contribution >= 4 is 28.8 Å². The second kappa shape index (κ2) is 9.23. The van der Waals surface area contributed by atoms with Crippen molar-refractivity contribution < 1.29 is 14.3 Å². The Kier molecular flexibility index (Phi) is 6.04. The highest BCUT2D eigenvalue weighted by Gasteiger charge is 2.15. The maximum atomic E-state index is 12.7. The number of aromatic amines is 1. The van der Waals surface area contributed by atoms with Gasteiger partial charge < -0.3 is 15.4 Å². The van der Waals surface area contributed by atoms with Gasteiger partial charge in [0.1, 0.15) is 11.6 Å². The molecule has 0 aliphatic heterocycles. The van der Waals surface area contributed by atoms with Crippen LogP contribution in [0.5, 0.6) is 5.75 Å². The number of H-pyrrole nitrogens is 1. The quantitative estimate of drug-likeness (QED) is 0.412. The van der Waals surface area contributed by atoms with Gasteiger partial charge in [-0.05, 0) is 47.8 Å². The predicted octanol–water partition coefficient (Wildman–Crippen LogP) is 3.72. The number of ether oxygens (including phenoxy) is 1. The number of para-hydroxylation sites is 1. The number of hydrogen-bond acceptors (Lipinski definition) is 6. The molecular weight excluding hydrogens is 414 g/mol. The maximum Gasteiger partial charge on any atom is 0.256 e. The second-order valence-corrected chi connectivity index (χ2v) is 7.31. The Morgan fingerprint density at radius 2 is 1.87 bits per heavy atom. The predicted molar refractivity (Wildman–Crippen MR) is 118 cm³/mol. The molecule has 0 radical (unpaired) electrons. The van der Waals surface area contributed by atoms with Crippen molar-refractivity contribution in [2.24, 2.45) is 0 Å². The molecule has 0 unspecified atom stereocenters. The normalized spacial score (nSPS) is 10.5. The Balaban J connectivity index is 1.41. The number of anilines is 1. The van der Waals surface area contributed by atoms with Crippen LogP contribution in [0.15, 0.2) is 65.4 Å². The molecule has 0 aliphatic rings. The van der Waals surface area contributed by atoms with Crippen molar-refractivity contribution in [1.82, 2.24) is 20.5 Å². The third-order valence-electron chi connectivity index (χ3n) is 4.50. The van der Waals surface area contributed by atoms with Crippen LogP contribution in [-0.2, 0) is 6.54 Å². The molecule has 4 aromatic rings. The van der Waals surface area contributed by atoms with Crippen LogP contribution in [0.3, 0.4) is 0 Å². The lowest BCUT2D eigenvalue weighted by Gasteiger charge is -2.10. The van der Waals surface area contributed by atoms with Crippen LogP contribution >= 0.6 is 11.3 Å². The summed E-state index contributed by atoms with van der Waals surface area (Å²) < 4.78 is 5.15. The van der Waals surface area contributed by atoms with E-state index in [0.717, 1.165) is 11.3 Å². The van der Waals surface area contributed by atoms with Crippen LogP contribution in [-0.4, -0.2) is 34.1 Å². The lowest BCUT2D eigenvalue weighted by Crippen LogP contribution is -2.25. The molecule has 31 heavy (non-hydrogen) atoms. The fraction of sp³-hybridized carbons (Fsp3) is 0.0909. The number of aromatic nitrogens is 3. The minimum Gasteiger partial charge on any atom is -0.497 e. The van der Waals surface area contributed by atoms with Gasteiger partial charge in [-0.15, -0.1) is 0 Å². The molecule has 0 saturated carbocycles. The number of methoxy groups -OCH3 is 1. The Bertz CT molecular complexity index is 1190. The highest BCUT2D eigenvalue weighted by molar-refractivity contribution is 7.08. The molecule has 2 aromatic heterocycles. The van der Waals surface area contributed by atoms with Gasteiger partial charge in [-0.25, -0.2) is 4.98 Å². The van der Waals surface area contributed by atoms with Crippen molar-refractivity contribution in [2.45, 2.75) is 6.54 Å². The van der Waals surface area contributed by atoms with Crippen LogP contribution in [0.25, 0.3) is 11.4 Å². The zero-order chi connectivity index (χ0) is 21.6. The standard InChI is InChI=1S/C22H19N5O3S/c1-30-16-8-6-14(7-9-16)20-25-19(26-27-20)12-23-22(29)17-4-2-3-5-18(17)24-21(28)15-10-11-31-13-15/h2-11,13H,12H2,1H3,(H,23,29)(H,24,28)(H,25,26,27). The summed E-state index contributed by atoms with van der Waals surface area (Å²) in [7, 11) is 1.61. The molecule has 2 aromatic carbocycles. The minimum atomic E-state index is -0.330. The Morgan fingerprint density at radius 1 is 1.06 bits per heavy atom. The molecule has 0 atom stereocenters. The molecule has 0 aliphatic carbocycles. The van der Waals surface area contributed by atoms with Crippen LogP contribution < -0.4 is 15.4 Å². The van der Waals surface area contributed by atoms with E-state index in [-0.39, 0.29) is 18.4 Å². The van der Waals surface area contributed by atoms with Crippen molar-refractivity contribution in [2.75, 3.05) is 12.4 Å². The van der Waals surface area contributed by atoms with E-state index in [1.165, 1.54) is 11.3 Å². The van der Waals surface area contributed by atoms with E-state index in [9.17, 15) is 9.59 Å². The Hall–Kier alpha value is -3.98. The molecule has 0 saturated heterocycles. The number of carbonyl (C=O) groups is 2. The summed E-state index contributed by atoms with van der Waals surface area (Å²) >= 11 is 1.43. The van der Waals surface area contributed by atoms with Crippen molar-refractivity contribution in [1.29, 1.82) is 0 Å². The van der Waals surface area contributed by atoms with Crippen molar-refractivity contribution in [3.8, 4) is 17.1 Å². The molecule has 8 nitrogen and oxygen atoms in total. The summed E-state index contributed by atoms with van der Waals surface area (Å²) in [6.45, 7) is 0.162. The maximum absolute atomic E-state index is 12.7. The SMILES string of the molecule is COc1ccc(-c2n[nH]c(CNC(=O)c3ccccc3NC(=O)c3ccsc3)n2)cc1. The van der Waals surface area contributed by atoms with Crippen LogP contribution in [0.1, 0.15) is 26.5 Å². The molecular formula is C22H19N5O3S. The minimum absolute atomic E-state index is 0.162. The van der Waals surface area contributed by atoms with E-state index in [1.54, 1.807) is 42.8 Å². The van der Waals surface area contributed by atoms with Gasteiger partial charge >= 0.3 is 0 Å². The summed E-state index contributed by atoms with van der Waals surface area (Å²) in [5.74, 6) is 1.19. The van der Waals surface area contributed by atoms with Crippen LogP contribution in [0.2, 0.25) is 0 Å². The van der Waals surface area contributed by atoms with E-state index in [0.29, 0.717) is 28.5 Å². The zero-order valence-electron chi connectivity index (χ0n) is 16.6. The van der Waals surface area contributed by atoms with Crippen LogP contribution in [0, 0.1) is 0 Å². The van der Waals surface area contributed by atoms with Crippen molar-refractivity contribution in [3.05, 3.63) is 82.3 Å². The number of amides is 2. The fourth-order valence-corrected chi connectivity index (χ4v) is 3.52. The van der Waals surface area contributed by atoms with E-state index >= 15 is 0 Å². The third-order valence-corrected chi connectivity index (χ3v) is 5.18. The lowest BCUT2D eigenvalue weighted by molar-refractivity contribution is 0.0951. The number of nitrogens with one attached hydrogen (secondary N) is 3. The van der Waals surface area contributed by atoms with Gasteiger partial charge in [0.2, 0.25) is 0 Å². The number of thiophene rings is 1. The highest BCUT2D eigenvalue weighted by Crippen LogP contribution is 2.20. The number of carbonyl (C=O) groups excluding carboxylic acids is 2. The van der Waals surface area contributed by atoms with Gasteiger partial charge in [0.25, 0.3) is 11.8 Å². The first-order valence-corrected chi connectivity index (χ1v) is 10.3. The molecule has 9 heteroatoms. The molecule has 2 amide bonds. The average Bonchev–Trinajstić information content (AvgIpc) is 3.50. The number of hydrogen-bond donors (Lipinski definition) is 3. The van der Waals surface area contributed by atoms with E-state index < -0.39 is 0 Å². The Labute approximate surface area is 182 Å². The summed E-state index contributed by atoms with van der Waals surface area (Å²) in [6.07, 6.45) is 0. The van der Waals surface area contributed by atoms with Crippen molar-refractivity contribution in [3.63, 3.8) is 0 Å². The van der Waals surface area contributed by atoms with Gasteiger partial charge in [-0.2, -0.15) is 16.4 Å². The summed E-state index contributed by atoms with van der Waals surface area (Å²) in [6, 6.07) is 15.9. The first-order chi connectivity index (χ1) is 15.1. The molecule has 2 heterocycles. The van der Waals surface area contributed by atoms with Gasteiger partial charge in [0.15, 0.2) is 5.82 Å². The average molecular weight is 433 g/mol. The smallest absolute Gasteiger partial charge is 0.256 e.